The van der Waals surface area contributed by atoms with E-state index in [-0.39, 0.29) is 17.0 Å². The van der Waals surface area contributed by atoms with Crippen LogP contribution in [0.1, 0.15) is 208 Å². The maximum atomic E-state index is 12.0. The number of nitrogens with zero attached hydrogens (tertiary/aromatic N) is 1. The van der Waals surface area contributed by atoms with Crippen LogP contribution in [0.2, 0.25) is 18.1 Å². The van der Waals surface area contributed by atoms with Crippen molar-refractivity contribution < 1.29 is 23.5 Å². The second-order valence-electron chi connectivity index (χ2n) is 17.3. The van der Waals surface area contributed by atoms with Gasteiger partial charge in [0, 0.05) is 26.0 Å². The predicted octanol–water partition coefficient (Wildman–Crippen LogP) is 14.1. The Bertz CT molecular complexity index is 856. The fourth-order valence-corrected chi connectivity index (χ4v) is 7.41. The molecule has 0 aromatic carbocycles. The summed E-state index contributed by atoms with van der Waals surface area (Å²) in [4.78, 5) is 26.7. The van der Waals surface area contributed by atoms with Crippen molar-refractivity contribution in [2.75, 3.05) is 39.5 Å². The molecule has 54 heavy (non-hydrogen) atoms. The van der Waals surface area contributed by atoms with Gasteiger partial charge in [0.15, 0.2) is 8.32 Å². The molecule has 0 fully saturated rings. The Balaban J connectivity index is 4.14. The van der Waals surface area contributed by atoms with E-state index in [0.29, 0.717) is 26.1 Å². The van der Waals surface area contributed by atoms with Gasteiger partial charge in [-0.2, -0.15) is 0 Å². The van der Waals surface area contributed by atoms with E-state index in [0.717, 1.165) is 58.1 Å². The van der Waals surface area contributed by atoms with Crippen molar-refractivity contribution in [3.63, 3.8) is 0 Å². The van der Waals surface area contributed by atoms with E-state index in [1.807, 2.05) is 12.2 Å². The topological polar surface area (TPSA) is 65.1 Å². The zero-order chi connectivity index (χ0) is 40.0. The molecule has 0 aromatic rings. The molecule has 6 nitrogen and oxygen atoms in total. The SMILES string of the molecule is CCCCCC/C=C\COC(=O)CCCCCCCCCN(CCCCCCCCCC(=O)OC/C=C\CCCCCC)CCCO[Si](C)(C)C(C)(C)C. The first-order chi connectivity index (χ1) is 26.0. The van der Waals surface area contributed by atoms with Gasteiger partial charge in [0.25, 0.3) is 0 Å². The number of hydrogen-bond donors (Lipinski definition) is 0. The summed E-state index contributed by atoms with van der Waals surface area (Å²) in [5.41, 5.74) is 0. The van der Waals surface area contributed by atoms with Gasteiger partial charge in [-0.05, 0) is 89.0 Å². The van der Waals surface area contributed by atoms with Crippen LogP contribution in [0.25, 0.3) is 0 Å². The molecule has 0 N–H and O–H groups in total. The first kappa shape index (κ1) is 52.6. The van der Waals surface area contributed by atoms with Crippen LogP contribution in [-0.2, 0) is 23.5 Å². The molecule has 0 aliphatic carbocycles. The second-order valence-corrected chi connectivity index (χ2v) is 22.1. The van der Waals surface area contributed by atoms with E-state index in [4.69, 9.17) is 13.9 Å². The number of ether oxygens (including phenoxy) is 2. The third-order valence-electron chi connectivity index (χ3n) is 11.1. The van der Waals surface area contributed by atoms with Gasteiger partial charge in [-0.25, -0.2) is 0 Å². The molecule has 0 spiro atoms. The summed E-state index contributed by atoms with van der Waals surface area (Å²) < 4.78 is 17.2. The third kappa shape index (κ3) is 35.0. The maximum absolute atomic E-state index is 12.0. The fourth-order valence-electron chi connectivity index (χ4n) is 6.32. The average molecular weight is 778 g/mol. The van der Waals surface area contributed by atoms with E-state index in [2.05, 4.69) is 64.8 Å². The maximum Gasteiger partial charge on any atom is 0.306 e. The minimum absolute atomic E-state index is 0.0540. The lowest BCUT2D eigenvalue weighted by Crippen LogP contribution is -2.41. The van der Waals surface area contributed by atoms with Crippen LogP contribution in [-0.4, -0.2) is 64.6 Å². The summed E-state index contributed by atoms with van der Waals surface area (Å²) in [6.45, 7) is 21.3. The number of hydrogen-bond acceptors (Lipinski definition) is 6. The van der Waals surface area contributed by atoms with Crippen LogP contribution in [0.15, 0.2) is 24.3 Å². The number of allylic oxidation sites excluding steroid dienone is 2. The molecule has 7 heteroatoms. The third-order valence-corrected chi connectivity index (χ3v) is 15.6. The van der Waals surface area contributed by atoms with Crippen LogP contribution >= 0.6 is 0 Å². The number of carbonyl (C=O) groups excluding carboxylic acids is 2. The fraction of sp³-hybridized carbons (Fsp3) is 0.872. The van der Waals surface area contributed by atoms with Crippen molar-refractivity contribution in [3.05, 3.63) is 24.3 Å². The molecule has 0 bridgehead atoms. The molecule has 0 amide bonds. The Labute approximate surface area is 337 Å². The molecule has 0 aliphatic rings. The van der Waals surface area contributed by atoms with Gasteiger partial charge in [0.2, 0.25) is 0 Å². The number of carbonyl (C=O) groups is 2. The molecule has 0 heterocycles. The van der Waals surface area contributed by atoms with Gasteiger partial charge >= 0.3 is 11.9 Å². The van der Waals surface area contributed by atoms with Crippen molar-refractivity contribution >= 4 is 20.3 Å². The zero-order valence-electron chi connectivity index (χ0n) is 37.1. The summed E-state index contributed by atoms with van der Waals surface area (Å²) in [5.74, 6) is -0.108. The minimum Gasteiger partial charge on any atom is -0.461 e. The molecule has 0 radical (unpaired) electrons. The Hall–Kier alpha value is -1.44. The predicted molar refractivity (Wildman–Crippen MR) is 236 cm³/mol. The van der Waals surface area contributed by atoms with Crippen LogP contribution in [0.5, 0.6) is 0 Å². The number of rotatable bonds is 39. The monoisotopic (exact) mass is 778 g/mol. The summed E-state index contributed by atoms with van der Waals surface area (Å²) in [6.07, 6.45) is 39.6. The van der Waals surface area contributed by atoms with Crippen LogP contribution < -0.4 is 0 Å². The highest BCUT2D eigenvalue weighted by molar-refractivity contribution is 6.74. The lowest BCUT2D eigenvalue weighted by atomic mass is 10.1. The molecule has 0 unspecified atom stereocenters. The Morgan fingerprint density at radius 1 is 0.500 bits per heavy atom. The Morgan fingerprint density at radius 3 is 1.28 bits per heavy atom. The summed E-state index contributed by atoms with van der Waals surface area (Å²) in [7, 11) is -1.69. The van der Waals surface area contributed by atoms with Crippen molar-refractivity contribution in [2.24, 2.45) is 0 Å². The van der Waals surface area contributed by atoms with Gasteiger partial charge in [-0.1, -0.05) is 162 Å². The van der Waals surface area contributed by atoms with Crippen molar-refractivity contribution in [3.8, 4) is 0 Å². The second kappa shape index (κ2) is 37.2. The molecule has 318 valence electrons. The Kier molecular flexibility index (Phi) is 36.2. The van der Waals surface area contributed by atoms with Crippen LogP contribution in [0.3, 0.4) is 0 Å². The minimum atomic E-state index is -1.69. The molecular formula is C47H91NO5Si. The van der Waals surface area contributed by atoms with E-state index in [1.165, 1.54) is 129 Å². The van der Waals surface area contributed by atoms with Gasteiger partial charge in [-0.3, -0.25) is 9.59 Å². The molecule has 0 saturated heterocycles. The molecule has 0 saturated carbocycles. The highest BCUT2D eigenvalue weighted by Gasteiger charge is 2.36. The van der Waals surface area contributed by atoms with E-state index in [9.17, 15) is 9.59 Å². The smallest absolute Gasteiger partial charge is 0.306 e. The van der Waals surface area contributed by atoms with E-state index < -0.39 is 8.32 Å². The molecule has 0 aliphatic heterocycles. The Morgan fingerprint density at radius 2 is 0.870 bits per heavy atom. The summed E-state index contributed by atoms with van der Waals surface area (Å²) in [6, 6.07) is 0. The van der Waals surface area contributed by atoms with Gasteiger partial charge in [-0.15, -0.1) is 0 Å². The lowest BCUT2D eigenvalue weighted by molar-refractivity contribution is -0.143. The van der Waals surface area contributed by atoms with E-state index in [1.54, 1.807) is 0 Å². The lowest BCUT2D eigenvalue weighted by Gasteiger charge is -2.36. The van der Waals surface area contributed by atoms with Crippen molar-refractivity contribution in [1.29, 1.82) is 0 Å². The summed E-state index contributed by atoms with van der Waals surface area (Å²) >= 11 is 0. The van der Waals surface area contributed by atoms with Crippen molar-refractivity contribution in [2.45, 2.75) is 226 Å². The van der Waals surface area contributed by atoms with Crippen LogP contribution in [0, 0.1) is 0 Å². The largest absolute Gasteiger partial charge is 0.461 e. The number of esters is 2. The average Bonchev–Trinajstić information content (AvgIpc) is 3.13. The number of unbranched alkanes of at least 4 members (excludes halogenated alkanes) is 20. The highest BCUT2D eigenvalue weighted by atomic mass is 28.4. The summed E-state index contributed by atoms with van der Waals surface area (Å²) in [5, 5.41) is 0.258. The van der Waals surface area contributed by atoms with Crippen molar-refractivity contribution in [1.82, 2.24) is 4.90 Å². The molecule has 0 aromatic heterocycles. The molecule has 0 atom stereocenters. The molecule has 0 rings (SSSR count). The van der Waals surface area contributed by atoms with Gasteiger partial charge in [0.1, 0.15) is 13.2 Å². The van der Waals surface area contributed by atoms with E-state index >= 15 is 0 Å². The molecular weight excluding hydrogens is 687 g/mol. The normalized spacial score (nSPS) is 12.4. The zero-order valence-corrected chi connectivity index (χ0v) is 38.1. The first-order valence-electron chi connectivity index (χ1n) is 23.0. The highest BCUT2D eigenvalue weighted by Crippen LogP contribution is 2.36. The van der Waals surface area contributed by atoms with Crippen LogP contribution in [0.4, 0.5) is 0 Å². The standard InChI is InChI=1S/C47H91NO5Si/c1-8-10-12-14-22-28-34-42-51-45(49)37-30-24-18-16-20-26-32-39-48(41-36-44-53-54(6,7)47(3,4)5)40-33-27-21-17-19-25-31-38-46(50)52-43-35-29-23-15-13-11-9-2/h28-29,34-35H,8-27,30-33,36-44H2,1-7H3/b34-28-,35-29-. The van der Waals surface area contributed by atoms with Gasteiger partial charge < -0.3 is 18.8 Å². The first-order valence-corrected chi connectivity index (χ1v) is 25.9. The van der Waals surface area contributed by atoms with Gasteiger partial charge in [0.05, 0.1) is 0 Å². The quantitative estimate of drug-likeness (QED) is 0.0268.